The third-order valence-corrected chi connectivity index (χ3v) is 4.09. The van der Waals surface area contributed by atoms with Crippen LogP contribution in [0.4, 0.5) is 11.4 Å². The lowest BCUT2D eigenvalue weighted by Crippen LogP contribution is -2.22. The zero-order valence-electron chi connectivity index (χ0n) is 14.5. The normalized spacial score (nSPS) is 10.5. The first kappa shape index (κ1) is 18.1. The summed E-state index contributed by atoms with van der Waals surface area (Å²) >= 11 is 6.20. The van der Waals surface area contributed by atoms with Crippen LogP contribution < -0.4 is 15.8 Å². The quantitative estimate of drug-likeness (QED) is 0.787. The van der Waals surface area contributed by atoms with Crippen molar-refractivity contribution in [2.75, 3.05) is 17.7 Å². The zero-order valence-corrected chi connectivity index (χ0v) is 15.3. The predicted molar refractivity (Wildman–Crippen MR) is 100 cm³/mol. The highest BCUT2D eigenvalue weighted by Gasteiger charge is 2.13. The Bertz CT molecular complexity index is 749. The van der Waals surface area contributed by atoms with Crippen LogP contribution in [-0.4, -0.2) is 12.5 Å². The highest BCUT2D eigenvalue weighted by molar-refractivity contribution is 6.32. The molecule has 128 valence electrons. The number of amides is 1. The Kier molecular flexibility index (Phi) is 5.73. The number of rotatable bonds is 5. The molecule has 5 heteroatoms. The molecule has 2 aromatic rings. The van der Waals surface area contributed by atoms with Crippen LogP contribution in [0.1, 0.15) is 29.2 Å². The maximum absolute atomic E-state index is 12.3. The van der Waals surface area contributed by atoms with Crippen molar-refractivity contribution in [1.82, 2.24) is 0 Å². The molecule has 0 fully saturated rings. The summed E-state index contributed by atoms with van der Waals surface area (Å²) in [5.41, 5.74) is 11.3. The summed E-state index contributed by atoms with van der Waals surface area (Å²) in [5.74, 6) is 0.316. The number of nitrogen functional groups attached to an aromatic ring is 1. The molecule has 0 aliphatic heterocycles. The molecule has 0 spiro atoms. The van der Waals surface area contributed by atoms with E-state index in [0.717, 1.165) is 34.4 Å². The summed E-state index contributed by atoms with van der Waals surface area (Å²) in [6.45, 7) is 7.72. The van der Waals surface area contributed by atoms with Crippen LogP contribution in [0, 0.1) is 20.8 Å². The molecule has 3 N–H and O–H groups in total. The van der Waals surface area contributed by atoms with Gasteiger partial charge in [-0.25, -0.2) is 0 Å². The monoisotopic (exact) mass is 346 g/mol. The molecule has 4 nitrogen and oxygen atoms in total. The maximum atomic E-state index is 12.3. The molecule has 2 rings (SSSR count). The largest absolute Gasteiger partial charge is 0.482 e. The number of halogens is 1. The highest BCUT2D eigenvalue weighted by Crippen LogP contribution is 2.30. The van der Waals surface area contributed by atoms with Gasteiger partial charge in [-0.3, -0.25) is 4.79 Å². The van der Waals surface area contributed by atoms with E-state index in [1.807, 2.05) is 52.0 Å². The van der Waals surface area contributed by atoms with Gasteiger partial charge in [-0.1, -0.05) is 24.6 Å². The van der Waals surface area contributed by atoms with Gasteiger partial charge in [-0.05, 0) is 67.6 Å². The van der Waals surface area contributed by atoms with Crippen LogP contribution in [0.2, 0.25) is 5.02 Å². The fourth-order valence-electron chi connectivity index (χ4n) is 2.75. The van der Waals surface area contributed by atoms with Crippen molar-refractivity contribution >= 4 is 28.9 Å². The molecule has 24 heavy (non-hydrogen) atoms. The van der Waals surface area contributed by atoms with Crippen LogP contribution in [0.3, 0.4) is 0 Å². The van der Waals surface area contributed by atoms with E-state index in [9.17, 15) is 4.79 Å². The lowest BCUT2D eigenvalue weighted by atomic mass is 10.0. The SMILES string of the molecule is CCc1cc(N)cc(C)c1NC(=O)COc1c(C)cc(C)cc1Cl. The molecule has 0 aromatic heterocycles. The molecule has 0 unspecified atom stereocenters. The Hall–Kier alpha value is -2.20. The molecule has 2 aromatic carbocycles. The van der Waals surface area contributed by atoms with E-state index in [0.29, 0.717) is 16.5 Å². The van der Waals surface area contributed by atoms with Crippen molar-refractivity contribution in [1.29, 1.82) is 0 Å². The average molecular weight is 347 g/mol. The van der Waals surface area contributed by atoms with Crippen LogP contribution in [0.5, 0.6) is 5.75 Å². The number of hydrogen-bond donors (Lipinski definition) is 2. The van der Waals surface area contributed by atoms with Crippen molar-refractivity contribution in [3.8, 4) is 5.75 Å². The number of carbonyl (C=O) groups excluding carboxylic acids is 1. The van der Waals surface area contributed by atoms with Crippen LogP contribution in [-0.2, 0) is 11.2 Å². The summed E-state index contributed by atoms with van der Waals surface area (Å²) in [6, 6.07) is 7.51. The van der Waals surface area contributed by atoms with Gasteiger partial charge in [0.25, 0.3) is 5.91 Å². The fraction of sp³-hybridized carbons (Fsp3) is 0.316. The van der Waals surface area contributed by atoms with E-state index in [2.05, 4.69) is 5.32 Å². The topological polar surface area (TPSA) is 64.3 Å². The van der Waals surface area contributed by atoms with Crippen LogP contribution in [0.25, 0.3) is 0 Å². The maximum Gasteiger partial charge on any atom is 0.262 e. The Balaban J connectivity index is 2.10. The summed E-state index contributed by atoms with van der Waals surface area (Å²) in [5, 5.41) is 3.43. The van der Waals surface area contributed by atoms with Crippen molar-refractivity contribution < 1.29 is 9.53 Å². The molecule has 0 saturated heterocycles. The van der Waals surface area contributed by atoms with Crippen LogP contribution in [0.15, 0.2) is 24.3 Å². The predicted octanol–water partition coefficient (Wildman–Crippen LogP) is 4.43. The van der Waals surface area contributed by atoms with E-state index in [4.69, 9.17) is 22.1 Å². The number of nitrogens with one attached hydrogen (secondary N) is 1. The highest BCUT2D eigenvalue weighted by atomic mass is 35.5. The first-order chi connectivity index (χ1) is 11.3. The van der Waals surface area contributed by atoms with Crippen molar-refractivity contribution in [3.05, 3.63) is 51.5 Å². The second-order valence-electron chi connectivity index (χ2n) is 5.96. The van der Waals surface area contributed by atoms with E-state index < -0.39 is 0 Å². The van der Waals surface area contributed by atoms with Crippen molar-refractivity contribution in [2.45, 2.75) is 34.1 Å². The molecule has 0 bridgehead atoms. The lowest BCUT2D eigenvalue weighted by molar-refractivity contribution is -0.118. The Labute approximate surface area is 148 Å². The number of carbonyl (C=O) groups is 1. The minimum absolute atomic E-state index is 0.101. The first-order valence-electron chi connectivity index (χ1n) is 7.90. The molecular weight excluding hydrogens is 324 g/mol. The molecule has 0 heterocycles. The van der Waals surface area contributed by atoms with E-state index in [-0.39, 0.29) is 12.5 Å². The van der Waals surface area contributed by atoms with Crippen molar-refractivity contribution in [3.63, 3.8) is 0 Å². The van der Waals surface area contributed by atoms with Crippen molar-refractivity contribution in [2.24, 2.45) is 0 Å². The zero-order chi connectivity index (χ0) is 17.9. The van der Waals surface area contributed by atoms with Gasteiger partial charge in [0, 0.05) is 11.4 Å². The molecular formula is C19H23ClN2O2. The molecule has 0 radical (unpaired) electrons. The number of ether oxygens (including phenoxy) is 1. The first-order valence-corrected chi connectivity index (χ1v) is 8.28. The Morgan fingerprint density at radius 3 is 2.50 bits per heavy atom. The van der Waals surface area contributed by atoms with Gasteiger partial charge in [0.15, 0.2) is 6.61 Å². The third-order valence-electron chi connectivity index (χ3n) is 3.81. The van der Waals surface area contributed by atoms with Gasteiger partial charge in [-0.15, -0.1) is 0 Å². The minimum atomic E-state index is -0.228. The molecule has 1 amide bonds. The number of nitrogens with two attached hydrogens (primary N) is 1. The number of hydrogen-bond acceptors (Lipinski definition) is 3. The minimum Gasteiger partial charge on any atom is -0.482 e. The van der Waals surface area contributed by atoms with Gasteiger partial charge >= 0.3 is 0 Å². The van der Waals surface area contributed by atoms with Gasteiger partial charge in [0.2, 0.25) is 0 Å². The van der Waals surface area contributed by atoms with E-state index in [1.165, 1.54) is 0 Å². The lowest BCUT2D eigenvalue weighted by Gasteiger charge is -2.15. The van der Waals surface area contributed by atoms with Gasteiger partial charge in [0.1, 0.15) is 5.75 Å². The average Bonchev–Trinajstić information content (AvgIpc) is 2.48. The van der Waals surface area contributed by atoms with Gasteiger partial charge in [-0.2, -0.15) is 0 Å². The summed E-state index contributed by atoms with van der Waals surface area (Å²) in [7, 11) is 0. The summed E-state index contributed by atoms with van der Waals surface area (Å²) in [4.78, 5) is 12.3. The molecule has 0 aliphatic carbocycles. The van der Waals surface area contributed by atoms with Crippen LogP contribution >= 0.6 is 11.6 Å². The summed E-state index contributed by atoms with van der Waals surface area (Å²) < 4.78 is 5.62. The molecule has 0 saturated carbocycles. The number of anilines is 2. The summed E-state index contributed by atoms with van der Waals surface area (Å²) in [6.07, 6.45) is 0.783. The molecule has 0 atom stereocenters. The second kappa shape index (κ2) is 7.58. The smallest absolute Gasteiger partial charge is 0.262 e. The number of benzene rings is 2. The van der Waals surface area contributed by atoms with E-state index >= 15 is 0 Å². The Morgan fingerprint density at radius 1 is 1.17 bits per heavy atom. The number of aryl methyl sites for hydroxylation is 4. The standard InChI is InChI=1S/C19H23ClN2O2/c1-5-14-9-15(21)8-12(3)18(14)22-17(23)10-24-19-13(4)6-11(2)7-16(19)20/h6-9H,5,10,21H2,1-4H3,(H,22,23). The van der Waals surface area contributed by atoms with E-state index in [1.54, 1.807) is 0 Å². The van der Waals surface area contributed by atoms with Gasteiger partial charge in [0.05, 0.1) is 5.02 Å². The molecule has 0 aliphatic rings. The Morgan fingerprint density at radius 2 is 1.88 bits per heavy atom. The fourth-order valence-corrected chi connectivity index (χ4v) is 3.12. The second-order valence-corrected chi connectivity index (χ2v) is 6.36. The van der Waals surface area contributed by atoms with Gasteiger partial charge < -0.3 is 15.8 Å². The third kappa shape index (κ3) is 4.20.